The van der Waals surface area contributed by atoms with E-state index in [1.54, 1.807) is 6.08 Å². The van der Waals surface area contributed by atoms with Crippen molar-refractivity contribution >= 4 is 0 Å². The fraction of sp³-hybridized carbons (Fsp3) is 0.657. The van der Waals surface area contributed by atoms with Crippen LogP contribution in [0.3, 0.4) is 0 Å². The summed E-state index contributed by atoms with van der Waals surface area (Å²) in [5, 5.41) is 0. The summed E-state index contributed by atoms with van der Waals surface area (Å²) in [5.41, 5.74) is 2.93. The number of ether oxygens (including phenoxy) is 1. The summed E-state index contributed by atoms with van der Waals surface area (Å²) in [6.45, 7) is 26.4. The molecule has 214 valence electrons. The van der Waals surface area contributed by atoms with Gasteiger partial charge in [0, 0.05) is 13.7 Å². The minimum absolute atomic E-state index is 0.269. The first-order valence-corrected chi connectivity index (χ1v) is 14.6. The molecule has 1 rings (SSSR count). The zero-order chi connectivity index (χ0) is 29.0. The molecule has 2 atom stereocenters. The van der Waals surface area contributed by atoms with E-state index in [0.29, 0.717) is 6.10 Å². The van der Waals surface area contributed by atoms with Crippen LogP contribution in [0.25, 0.3) is 0 Å². The molecule has 0 fully saturated rings. The van der Waals surface area contributed by atoms with Crippen LogP contribution < -0.4 is 0 Å². The van der Waals surface area contributed by atoms with E-state index < -0.39 is 0 Å². The topological polar surface area (TPSA) is 12.5 Å². The predicted molar refractivity (Wildman–Crippen MR) is 170 cm³/mol. The highest BCUT2D eigenvalue weighted by atomic mass is 16.5. The Morgan fingerprint density at radius 3 is 1.68 bits per heavy atom. The predicted octanol–water partition coefficient (Wildman–Crippen LogP) is 10.2. The number of hydrogen-bond donors (Lipinski definition) is 0. The van der Waals surface area contributed by atoms with Crippen molar-refractivity contribution in [2.24, 2.45) is 5.41 Å². The molecule has 0 aliphatic carbocycles. The number of rotatable bonds is 17. The van der Waals surface area contributed by atoms with Gasteiger partial charge in [-0.05, 0) is 77.8 Å². The summed E-state index contributed by atoms with van der Waals surface area (Å²) in [5.74, 6) is 0. The lowest BCUT2D eigenvalue weighted by Crippen LogP contribution is -2.32. The third kappa shape index (κ3) is 23.1. The van der Waals surface area contributed by atoms with E-state index in [4.69, 9.17) is 4.74 Å². The Balaban J connectivity index is -0.000000725. The molecule has 0 aliphatic rings. The molecule has 0 N–H and O–H groups in total. The van der Waals surface area contributed by atoms with Gasteiger partial charge in [-0.1, -0.05) is 101 Å². The third-order valence-electron chi connectivity index (χ3n) is 6.49. The fourth-order valence-corrected chi connectivity index (χ4v) is 4.53. The Kier molecular flexibility index (Phi) is 30.8. The summed E-state index contributed by atoms with van der Waals surface area (Å²) in [6.07, 6.45) is 24.8. The number of aryl methyl sites for hydroxylation is 2. The van der Waals surface area contributed by atoms with Crippen molar-refractivity contribution in [3.05, 3.63) is 60.7 Å². The highest BCUT2D eigenvalue weighted by Gasteiger charge is 2.29. The maximum atomic E-state index is 5.89. The van der Waals surface area contributed by atoms with Gasteiger partial charge in [0.1, 0.15) is 0 Å². The molecular weight excluding hydrogens is 450 g/mol. The molecule has 0 amide bonds. The lowest BCUT2D eigenvalue weighted by Gasteiger charge is -2.35. The lowest BCUT2D eigenvalue weighted by molar-refractivity contribution is 0.0442. The Morgan fingerprint density at radius 2 is 1.32 bits per heavy atom. The highest BCUT2D eigenvalue weighted by molar-refractivity contribution is 5.19. The molecule has 0 bridgehead atoms. The standard InChI is InChI=1S/C22H45NO.C8H10.C3H6.C2H2/c1-7-12-13-16-22(11-5,15-8-2)20-21(24-6)14-19-23(17-9-3)18-10-4;1-7-3-5-8(2)6-4-7;1-3-2;1-2/h11,21H,5,7-10,12-20H2,1-4,6H3;3-6H,1-2H3;3H,1H2,2H3;1-2H. The normalized spacial score (nSPS) is 12.4. The Hall–Kier alpha value is -1.82. The molecule has 2 heteroatoms. The Morgan fingerprint density at radius 1 is 0.838 bits per heavy atom. The minimum Gasteiger partial charge on any atom is -0.381 e. The van der Waals surface area contributed by atoms with E-state index in [2.05, 4.69) is 103 Å². The van der Waals surface area contributed by atoms with E-state index in [9.17, 15) is 0 Å². The largest absolute Gasteiger partial charge is 0.381 e. The summed E-state index contributed by atoms with van der Waals surface area (Å²) < 4.78 is 5.89. The Labute approximate surface area is 234 Å². The van der Waals surface area contributed by atoms with Gasteiger partial charge in [-0.15, -0.1) is 26.0 Å². The van der Waals surface area contributed by atoms with Crippen molar-refractivity contribution in [3.63, 3.8) is 0 Å². The van der Waals surface area contributed by atoms with Gasteiger partial charge in [-0.25, -0.2) is 0 Å². The van der Waals surface area contributed by atoms with Crippen LogP contribution in [0.15, 0.2) is 49.6 Å². The van der Waals surface area contributed by atoms with Crippen LogP contribution in [-0.4, -0.2) is 37.7 Å². The average Bonchev–Trinajstić information content (AvgIpc) is 2.90. The molecule has 37 heavy (non-hydrogen) atoms. The second-order valence-electron chi connectivity index (χ2n) is 10.0. The molecule has 0 heterocycles. The highest BCUT2D eigenvalue weighted by Crippen LogP contribution is 2.38. The van der Waals surface area contributed by atoms with Gasteiger partial charge in [0.25, 0.3) is 0 Å². The van der Waals surface area contributed by atoms with Gasteiger partial charge in [-0.3, -0.25) is 0 Å². The molecular formula is C35H63NO. The average molecular weight is 514 g/mol. The van der Waals surface area contributed by atoms with Crippen LogP contribution in [0.1, 0.15) is 110 Å². The first-order valence-electron chi connectivity index (χ1n) is 14.6. The van der Waals surface area contributed by atoms with Crippen molar-refractivity contribution in [2.45, 2.75) is 119 Å². The van der Waals surface area contributed by atoms with Gasteiger partial charge >= 0.3 is 0 Å². The van der Waals surface area contributed by atoms with E-state index in [0.717, 1.165) is 19.4 Å². The summed E-state index contributed by atoms with van der Waals surface area (Å²) in [7, 11) is 1.89. The molecule has 0 saturated heterocycles. The molecule has 1 aromatic carbocycles. The number of nitrogens with zero attached hydrogens (tertiary/aromatic N) is 1. The van der Waals surface area contributed by atoms with Crippen LogP contribution >= 0.6 is 0 Å². The number of terminal acetylenes is 1. The maximum Gasteiger partial charge on any atom is 0.0591 e. The van der Waals surface area contributed by atoms with Gasteiger partial charge in [0.15, 0.2) is 0 Å². The smallest absolute Gasteiger partial charge is 0.0591 e. The summed E-state index contributed by atoms with van der Waals surface area (Å²) in [4.78, 5) is 2.60. The summed E-state index contributed by atoms with van der Waals surface area (Å²) in [6, 6.07) is 8.48. The molecule has 0 aromatic heterocycles. The molecule has 0 aliphatic heterocycles. The molecule has 0 spiro atoms. The first kappa shape index (κ1) is 39.7. The van der Waals surface area contributed by atoms with Crippen molar-refractivity contribution in [1.29, 1.82) is 0 Å². The first-order chi connectivity index (χ1) is 17.8. The van der Waals surface area contributed by atoms with Crippen LogP contribution in [0.2, 0.25) is 0 Å². The zero-order valence-corrected chi connectivity index (χ0v) is 26.2. The van der Waals surface area contributed by atoms with E-state index in [1.807, 2.05) is 14.0 Å². The Bertz CT molecular complexity index is 605. The van der Waals surface area contributed by atoms with E-state index in [-0.39, 0.29) is 5.41 Å². The third-order valence-corrected chi connectivity index (χ3v) is 6.49. The van der Waals surface area contributed by atoms with Crippen molar-refractivity contribution in [1.82, 2.24) is 4.90 Å². The zero-order valence-electron chi connectivity index (χ0n) is 26.2. The number of allylic oxidation sites excluding steroid dienone is 2. The number of methoxy groups -OCH3 is 1. The van der Waals surface area contributed by atoms with Crippen molar-refractivity contribution < 1.29 is 4.74 Å². The minimum atomic E-state index is 0.269. The van der Waals surface area contributed by atoms with Gasteiger partial charge in [0.2, 0.25) is 0 Å². The van der Waals surface area contributed by atoms with Crippen molar-refractivity contribution in [2.75, 3.05) is 26.7 Å². The quantitative estimate of drug-likeness (QED) is 0.117. The van der Waals surface area contributed by atoms with Crippen LogP contribution in [-0.2, 0) is 4.74 Å². The number of hydrogen-bond acceptors (Lipinski definition) is 2. The molecule has 0 radical (unpaired) electrons. The molecule has 2 unspecified atom stereocenters. The summed E-state index contributed by atoms with van der Waals surface area (Å²) >= 11 is 0. The van der Waals surface area contributed by atoms with Gasteiger partial charge in [0.05, 0.1) is 6.10 Å². The maximum absolute atomic E-state index is 5.89. The lowest BCUT2D eigenvalue weighted by atomic mass is 9.74. The number of benzene rings is 1. The second kappa shape index (κ2) is 28.7. The second-order valence-corrected chi connectivity index (χ2v) is 10.0. The van der Waals surface area contributed by atoms with Crippen LogP contribution in [0.4, 0.5) is 0 Å². The fourth-order valence-electron chi connectivity index (χ4n) is 4.53. The number of unbranched alkanes of at least 4 members (excludes halogenated alkanes) is 2. The van der Waals surface area contributed by atoms with E-state index in [1.165, 1.54) is 75.6 Å². The molecule has 1 aromatic rings. The van der Waals surface area contributed by atoms with Crippen molar-refractivity contribution in [3.8, 4) is 12.8 Å². The van der Waals surface area contributed by atoms with E-state index >= 15 is 0 Å². The molecule has 0 saturated carbocycles. The van der Waals surface area contributed by atoms with Gasteiger partial charge < -0.3 is 9.64 Å². The van der Waals surface area contributed by atoms with Crippen LogP contribution in [0, 0.1) is 32.1 Å². The van der Waals surface area contributed by atoms with Crippen LogP contribution in [0.5, 0.6) is 0 Å². The van der Waals surface area contributed by atoms with Gasteiger partial charge in [-0.2, -0.15) is 0 Å². The monoisotopic (exact) mass is 513 g/mol. The SMILES string of the molecule is C#C.C=CC.C=CC(CCC)(CCCCC)CC(CCN(CCC)CCC)OC.Cc1ccc(C)cc1. The molecule has 2 nitrogen and oxygen atoms in total.